The van der Waals surface area contributed by atoms with Gasteiger partial charge >= 0.3 is 0 Å². The fourth-order valence-corrected chi connectivity index (χ4v) is 6.37. The number of carbonyl (C=O) groups is 1. The fraction of sp³-hybridized carbons (Fsp3) is 0.350. The molecule has 9 nitrogen and oxygen atoms in total. The van der Waals surface area contributed by atoms with Crippen LogP contribution in [0.15, 0.2) is 70.5 Å². The summed E-state index contributed by atoms with van der Waals surface area (Å²) in [5, 5.41) is 2.63. The zero-order valence-electron chi connectivity index (χ0n) is 17.0. The molecular formula is C20H25N3O6S2. The van der Waals surface area contributed by atoms with Gasteiger partial charge in [0.15, 0.2) is 0 Å². The Labute approximate surface area is 182 Å². The van der Waals surface area contributed by atoms with Crippen LogP contribution in [0.5, 0.6) is 0 Å². The monoisotopic (exact) mass is 467 g/mol. The first-order valence-corrected chi connectivity index (χ1v) is 12.5. The fourth-order valence-electron chi connectivity index (χ4n) is 3.32. The van der Waals surface area contributed by atoms with Crippen LogP contribution in [-0.4, -0.2) is 77.3 Å². The Hall–Kier alpha value is -2.31. The zero-order chi connectivity index (χ0) is 22.5. The molecule has 0 bridgehead atoms. The SMILES string of the molecule is COCCNC(=O)C1CN(S(=O)(=O)c2ccccc2)CCN1S(=O)(=O)c1ccccc1. The average Bonchev–Trinajstić information content (AvgIpc) is 2.80. The van der Waals surface area contributed by atoms with Crippen molar-refractivity contribution in [3.05, 3.63) is 60.7 Å². The van der Waals surface area contributed by atoms with E-state index < -0.39 is 32.0 Å². The molecule has 1 N–H and O–H groups in total. The van der Waals surface area contributed by atoms with E-state index in [1.807, 2.05) is 0 Å². The second-order valence-corrected chi connectivity index (χ2v) is 10.7. The van der Waals surface area contributed by atoms with Crippen LogP contribution in [-0.2, 0) is 29.6 Å². The number of sulfonamides is 2. The highest BCUT2D eigenvalue weighted by Gasteiger charge is 2.43. The van der Waals surface area contributed by atoms with Crippen molar-refractivity contribution in [2.24, 2.45) is 0 Å². The summed E-state index contributed by atoms with van der Waals surface area (Å²) in [6.07, 6.45) is 0. The lowest BCUT2D eigenvalue weighted by Gasteiger charge is -2.38. The maximum Gasteiger partial charge on any atom is 0.243 e. The lowest BCUT2D eigenvalue weighted by atomic mass is 10.2. The average molecular weight is 468 g/mol. The third kappa shape index (κ3) is 5.13. The second kappa shape index (κ2) is 9.88. The number of benzene rings is 2. The van der Waals surface area contributed by atoms with E-state index in [0.717, 1.165) is 8.61 Å². The third-order valence-electron chi connectivity index (χ3n) is 4.93. The summed E-state index contributed by atoms with van der Waals surface area (Å²) >= 11 is 0. The van der Waals surface area contributed by atoms with Gasteiger partial charge in [0, 0.05) is 33.3 Å². The standard InChI is InChI=1S/C20H25N3O6S2/c1-29-15-12-21-20(24)19-16-22(30(25,26)17-8-4-2-5-9-17)13-14-23(19)31(27,28)18-10-6-3-7-11-18/h2-11,19H,12-16H2,1H3,(H,21,24). The number of rotatable bonds is 8. The summed E-state index contributed by atoms with van der Waals surface area (Å²) in [6.45, 7) is -0.0781. The molecule has 1 unspecified atom stereocenters. The van der Waals surface area contributed by atoms with Gasteiger partial charge in [0.1, 0.15) is 6.04 Å². The molecule has 31 heavy (non-hydrogen) atoms. The normalized spacial score (nSPS) is 18.5. The molecule has 0 radical (unpaired) electrons. The molecule has 11 heteroatoms. The number of carbonyl (C=O) groups excluding carboxylic acids is 1. The molecule has 2 aromatic rings. The number of piperazine rings is 1. The van der Waals surface area contributed by atoms with Crippen molar-refractivity contribution >= 4 is 26.0 Å². The molecule has 1 atom stereocenters. The molecule has 1 aliphatic heterocycles. The molecule has 1 heterocycles. The molecular weight excluding hydrogens is 442 g/mol. The molecule has 1 aliphatic rings. The quantitative estimate of drug-likeness (QED) is 0.566. The second-order valence-electron chi connectivity index (χ2n) is 6.90. The van der Waals surface area contributed by atoms with Crippen molar-refractivity contribution in [1.29, 1.82) is 0 Å². The number of nitrogens with one attached hydrogen (secondary N) is 1. The van der Waals surface area contributed by atoms with Crippen LogP contribution in [0.2, 0.25) is 0 Å². The van der Waals surface area contributed by atoms with Crippen LogP contribution in [0, 0.1) is 0 Å². The van der Waals surface area contributed by atoms with Gasteiger partial charge in [-0.25, -0.2) is 16.8 Å². The van der Waals surface area contributed by atoms with E-state index in [-0.39, 0.29) is 42.6 Å². The van der Waals surface area contributed by atoms with E-state index in [1.54, 1.807) is 36.4 Å². The minimum absolute atomic E-state index is 0.0454. The van der Waals surface area contributed by atoms with Crippen molar-refractivity contribution in [2.45, 2.75) is 15.8 Å². The molecule has 1 saturated heterocycles. The zero-order valence-corrected chi connectivity index (χ0v) is 18.7. The highest BCUT2D eigenvalue weighted by Crippen LogP contribution is 2.25. The topological polar surface area (TPSA) is 113 Å². The summed E-state index contributed by atoms with van der Waals surface area (Å²) in [6, 6.07) is 14.4. The van der Waals surface area contributed by atoms with Crippen molar-refractivity contribution in [1.82, 2.24) is 13.9 Å². The molecule has 0 aliphatic carbocycles. The van der Waals surface area contributed by atoms with Crippen molar-refractivity contribution in [2.75, 3.05) is 39.9 Å². The Morgan fingerprint density at radius 3 is 2.03 bits per heavy atom. The minimum Gasteiger partial charge on any atom is -0.383 e. The maximum atomic E-state index is 13.2. The highest BCUT2D eigenvalue weighted by atomic mass is 32.2. The molecule has 0 spiro atoms. The van der Waals surface area contributed by atoms with E-state index in [0.29, 0.717) is 0 Å². The first-order valence-electron chi connectivity index (χ1n) is 9.67. The highest BCUT2D eigenvalue weighted by molar-refractivity contribution is 7.89. The van der Waals surface area contributed by atoms with E-state index in [1.165, 1.54) is 31.4 Å². The van der Waals surface area contributed by atoms with Crippen molar-refractivity contribution < 1.29 is 26.4 Å². The number of methoxy groups -OCH3 is 1. The van der Waals surface area contributed by atoms with Crippen molar-refractivity contribution in [3.63, 3.8) is 0 Å². The number of hydrogen-bond donors (Lipinski definition) is 1. The van der Waals surface area contributed by atoms with Gasteiger partial charge < -0.3 is 10.1 Å². The van der Waals surface area contributed by atoms with E-state index in [9.17, 15) is 21.6 Å². The van der Waals surface area contributed by atoms with E-state index in [2.05, 4.69) is 5.32 Å². The molecule has 0 aromatic heterocycles. The smallest absolute Gasteiger partial charge is 0.243 e. The van der Waals surface area contributed by atoms with Crippen LogP contribution < -0.4 is 5.32 Å². The molecule has 1 fully saturated rings. The van der Waals surface area contributed by atoms with Crippen LogP contribution in [0.25, 0.3) is 0 Å². The Morgan fingerprint density at radius 1 is 0.935 bits per heavy atom. The summed E-state index contributed by atoms with van der Waals surface area (Å²) in [4.78, 5) is 13.0. The van der Waals surface area contributed by atoms with Gasteiger partial charge in [-0.05, 0) is 24.3 Å². The first kappa shape index (κ1) is 23.4. The van der Waals surface area contributed by atoms with Crippen LogP contribution in [0.1, 0.15) is 0 Å². The Bertz CT molecular complexity index is 1090. The van der Waals surface area contributed by atoms with Crippen LogP contribution in [0.3, 0.4) is 0 Å². The number of hydrogen-bond acceptors (Lipinski definition) is 6. The van der Waals surface area contributed by atoms with Crippen LogP contribution >= 0.6 is 0 Å². The molecule has 3 rings (SSSR count). The van der Waals surface area contributed by atoms with E-state index >= 15 is 0 Å². The summed E-state index contributed by atoms with van der Waals surface area (Å²) in [5.74, 6) is -0.579. The molecule has 0 saturated carbocycles. The van der Waals surface area contributed by atoms with Crippen LogP contribution in [0.4, 0.5) is 0 Å². The van der Waals surface area contributed by atoms with Gasteiger partial charge in [-0.2, -0.15) is 8.61 Å². The number of amides is 1. The lowest BCUT2D eigenvalue weighted by molar-refractivity contribution is -0.126. The summed E-state index contributed by atoms with van der Waals surface area (Å²) in [7, 11) is -6.40. The van der Waals surface area contributed by atoms with Gasteiger partial charge in [0.25, 0.3) is 0 Å². The summed E-state index contributed by atoms with van der Waals surface area (Å²) < 4.78 is 59.7. The number of ether oxygens (including phenoxy) is 1. The van der Waals surface area contributed by atoms with Gasteiger partial charge in [0.2, 0.25) is 26.0 Å². The number of nitrogens with zero attached hydrogens (tertiary/aromatic N) is 2. The van der Waals surface area contributed by atoms with Gasteiger partial charge in [-0.3, -0.25) is 4.79 Å². The predicted molar refractivity (Wildman–Crippen MR) is 114 cm³/mol. The third-order valence-corrected chi connectivity index (χ3v) is 8.73. The predicted octanol–water partition coefficient (Wildman–Crippen LogP) is 0.513. The Balaban J connectivity index is 1.92. The maximum absolute atomic E-state index is 13.2. The lowest BCUT2D eigenvalue weighted by Crippen LogP contribution is -2.61. The van der Waals surface area contributed by atoms with Gasteiger partial charge in [0.05, 0.1) is 16.4 Å². The molecule has 168 valence electrons. The largest absolute Gasteiger partial charge is 0.383 e. The van der Waals surface area contributed by atoms with E-state index in [4.69, 9.17) is 4.74 Å². The van der Waals surface area contributed by atoms with Crippen molar-refractivity contribution in [3.8, 4) is 0 Å². The molecule has 1 amide bonds. The van der Waals surface area contributed by atoms with Gasteiger partial charge in [-0.1, -0.05) is 36.4 Å². The molecule has 2 aromatic carbocycles. The Kier molecular flexibility index (Phi) is 7.44. The summed E-state index contributed by atoms with van der Waals surface area (Å²) in [5.41, 5.74) is 0. The first-order chi connectivity index (χ1) is 14.8. The Morgan fingerprint density at radius 2 is 1.48 bits per heavy atom. The van der Waals surface area contributed by atoms with Gasteiger partial charge in [-0.15, -0.1) is 0 Å². The minimum atomic E-state index is -4.00.